The first-order valence-electron chi connectivity index (χ1n) is 5.64. The standard InChI is InChI=1S/C13H12BrFN2O/c1-2-4-12-16-11(14)8-13(17-12)18-10-6-3-5-9(15)7-10/h3,5-8H,2,4H2,1H3. The summed E-state index contributed by atoms with van der Waals surface area (Å²) in [5.74, 6) is 1.20. The third-order valence-electron chi connectivity index (χ3n) is 2.21. The molecule has 0 atom stereocenters. The van der Waals surface area contributed by atoms with E-state index in [-0.39, 0.29) is 5.82 Å². The molecule has 0 unspecified atom stereocenters. The summed E-state index contributed by atoms with van der Waals surface area (Å²) in [6.45, 7) is 2.05. The van der Waals surface area contributed by atoms with E-state index >= 15 is 0 Å². The molecule has 0 aliphatic rings. The van der Waals surface area contributed by atoms with Crippen molar-refractivity contribution in [3.8, 4) is 11.6 Å². The lowest BCUT2D eigenvalue weighted by atomic mass is 10.3. The molecule has 0 amide bonds. The van der Waals surface area contributed by atoms with Crippen molar-refractivity contribution >= 4 is 15.9 Å². The fourth-order valence-electron chi connectivity index (χ4n) is 1.48. The number of rotatable bonds is 4. The Hall–Kier alpha value is -1.49. The monoisotopic (exact) mass is 310 g/mol. The van der Waals surface area contributed by atoms with Crippen molar-refractivity contribution < 1.29 is 9.13 Å². The first-order valence-corrected chi connectivity index (χ1v) is 6.43. The second-order valence-corrected chi connectivity index (χ2v) is 4.57. The Morgan fingerprint density at radius 2 is 2.11 bits per heavy atom. The molecule has 0 spiro atoms. The van der Waals surface area contributed by atoms with Crippen molar-refractivity contribution in [1.29, 1.82) is 0 Å². The lowest BCUT2D eigenvalue weighted by molar-refractivity contribution is 0.453. The average molecular weight is 311 g/mol. The van der Waals surface area contributed by atoms with E-state index in [1.807, 2.05) is 0 Å². The molecule has 0 radical (unpaired) electrons. The molecule has 0 fully saturated rings. The van der Waals surface area contributed by atoms with E-state index in [0.717, 1.165) is 12.8 Å². The van der Waals surface area contributed by atoms with Crippen LogP contribution in [0.25, 0.3) is 0 Å². The topological polar surface area (TPSA) is 35.0 Å². The molecule has 2 rings (SSSR count). The zero-order valence-corrected chi connectivity index (χ0v) is 11.4. The van der Waals surface area contributed by atoms with Gasteiger partial charge in [0, 0.05) is 18.6 Å². The van der Waals surface area contributed by atoms with Crippen LogP contribution in [0.1, 0.15) is 19.2 Å². The molecule has 2 aromatic rings. The van der Waals surface area contributed by atoms with Crippen molar-refractivity contribution in [2.45, 2.75) is 19.8 Å². The Morgan fingerprint density at radius 3 is 2.83 bits per heavy atom. The van der Waals surface area contributed by atoms with Crippen LogP contribution in [0, 0.1) is 5.82 Å². The van der Waals surface area contributed by atoms with Gasteiger partial charge in [0.25, 0.3) is 0 Å². The van der Waals surface area contributed by atoms with E-state index in [1.165, 1.54) is 12.1 Å². The summed E-state index contributed by atoms with van der Waals surface area (Å²) in [6, 6.07) is 7.61. The van der Waals surface area contributed by atoms with Crippen LogP contribution >= 0.6 is 15.9 Å². The summed E-state index contributed by atoms with van der Waals surface area (Å²) in [5, 5.41) is 0. The van der Waals surface area contributed by atoms with Crippen molar-refractivity contribution in [2.75, 3.05) is 0 Å². The van der Waals surface area contributed by atoms with Gasteiger partial charge in [-0.15, -0.1) is 0 Å². The zero-order chi connectivity index (χ0) is 13.0. The van der Waals surface area contributed by atoms with Crippen LogP contribution in [-0.2, 0) is 6.42 Å². The van der Waals surface area contributed by atoms with Crippen LogP contribution in [0.5, 0.6) is 11.6 Å². The highest BCUT2D eigenvalue weighted by Gasteiger charge is 2.05. The number of hydrogen-bond donors (Lipinski definition) is 0. The van der Waals surface area contributed by atoms with E-state index in [4.69, 9.17) is 4.74 Å². The number of benzene rings is 1. The lowest BCUT2D eigenvalue weighted by Gasteiger charge is -2.06. The quantitative estimate of drug-likeness (QED) is 0.797. The first kappa shape index (κ1) is 13.0. The van der Waals surface area contributed by atoms with Gasteiger partial charge in [-0.25, -0.2) is 9.37 Å². The Bertz CT molecular complexity index is 548. The lowest BCUT2D eigenvalue weighted by Crippen LogP contribution is -1.97. The third-order valence-corrected chi connectivity index (χ3v) is 2.62. The number of halogens is 2. The fourth-order valence-corrected chi connectivity index (χ4v) is 1.88. The fraction of sp³-hybridized carbons (Fsp3) is 0.231. The molecule has 0 saturated heterocycles. The van der Waals surface area contributed by atoms with Gasteiger partial charge in [0.2, 0.25) is 5.88 Å². The molecule has 1 aromatic carbocycles. The molecule has 0 bridgehead atoms. The molecule has 1 heterocycles. The second kappa shape index (κ2) is 5.91. The van der Waals surface area contributed by atoms with Gasteiger partial charge >= 0.3 is 0 Å². The molecule has 0 saturated carbocycles. The van der Waals surface area contributed by atoms with Crippen LogP contribution in [0.3, 0.4) is 0 Å². The molecule has 18 heavy (non-hydrogen) atoms. The number of ether oxygens (including phenoxy) is 1. The third kappa shape index (κ3) is 3.50. The highest BCUT2D eigenvalue weighted by Crippen LogP contribution is 2.22. The Balaban J connectivity index is 2.23. The maximum Gasteiger partial charge on any atom is 0.223 e. The molecule has 1 aromatic heterocycles. The maximum absolute atomic E-state index is 13.0. The number of hydrogen-bond acceptors (Lipinski definition) is 3. The minimum atomic E-state index is -0.339. The van der Waals surface area contributed by atoms with Gasteiger partial charge in [-0.1, -0.05) is 13.0 Å². The predicted molar refractivity (Wildman–Crippen MR) is 70.2 cm³/mol. The van der Waals surface area contributed by atoms with Gasteiger partial charge in [-0.3, -0.25) is 0 Å². The van der Waals surface area contributed by atoms with Gasteiger partial charge < -0.3 is 4.74 Å². The summed E-state index contributed by atoms with van der Waals surface area (Å²) >= 11 is 3.31. The number of aryl methyl sites for hydroxylation is 1. The largest absolute Gasteiger partial charge is 0.439 e. The maximum atomic E-state index is 13.0. The predicted octanol–water partition coefficient (Wildman–Crippen LogP) is 4.12. The van der Waals surface area contributed by atoms with Crippen molar-refractivity contribution in [2.24, 2.45) is 0 Å². The number of nitrogens with zero attached hydrogens (tertiary/aromatic N) is 2. The molecule has 0 aliphatic heterocycles. The van der Waals surface area contributed by atoms with E-state index < -0.39 is 0 Å². The second-order valence-electron chi connectivity index (χ2n) is 3.75. The van der Waals surface area contributed by atoms with Crippen LogP contribution in [0.15, 0.2) is 34.9 Å². The molecular weight excluding hydrogens is 299 g/mol. The van der Waals surface area contributed by atoms with E-state index in [0.29, 0.717) is 22.1 Å². The minimum Gasteiger partial charge on any atom is -0.439 e. The molecule has 0 N–H and O–H groups in total. The van der Waals surface area contributed by atoms with Gasteiger partial charge in [0.1, 0.15) is 22.0 Å². The Kier molecular flexibility index (Phi) is 4.25. The summed E-state index contributed by atoms with van der Waals surface area (Å²) in [5.41, 5.74) is 0. The molecule has 94 valence electrons. The average Bonchev–Trinajstić information content (AvgIpc) is 2.28. The van der Waals surface area contributed by atoms with Crippen molar-refractivity contribution in [3.05, 3.63) is 46.6 Å². The van der Waals surface area contributed by atoms with Crippen LogP contribution in [-0.4, -0.2) is 9.97 Å². The normalized spacial score (nSPS) is 10.4. The van der Waals surface area contributed by atoms with Gasteiger partial charge in [0.05, 0.1) is 0 Å². The van der Waals surface area contributed by atoms with Crippen molar-refractivity contribution in [3.63, 3.8) is 0 Å². The molecule has 5 heteroatoms. The summed E-state index contributed by atoms with van der Waals surface area (Å²) in [4.78, 5) is 8.50. The van der Waals surface area contributed by atoms with E-state index in [9.17, 15) is 4.39 Å². The molecule has 0 aliphatic carbocycles. The van der Waals surface area contributed by atoms with Crippen LogP contribution in [0.2, 0.25) is 0 Å². The van der Waals surface area contributed by atoms with Crippen LogP contribution < -0.4 is 4.74 Å². The molecular formula is C13H12BrFN2O. The van der Waals surface area contributed by atoms with E-state index in [1.54, 1.807) is 18.2 Å². The summed E-state index contributed by atoms with van der Waals surface area (Å²) in [7, 11) is 0. The molecule has 3 nitrogen and oxygen atoms in total. The zero-order valence-electron chi connectivity index (χ0n) is 9.86. The number of aromatic nitrogens is 2. The highest BCUT2D eigenvalue weighted by molar-refractivity contribution is 9.10. The minimum absolute atomic E-state index is 0.339. The van der Waals surface area contributed by atoms with Gasteiger partial charge in [-0.05, 0) is 34.5 Å². The summed E-state index contributed by atoms with van der Waals surface area (Å²) < 4.78 is 19.2. The van der Waals surface area contributed by atoms with Crippen molar-refractivity contribution in [1.82, 2.24) is 9.97 Å². The first-order chi connectivity index (χ1) is 8.67. The van der Waals surface area contributed by atoms with Crippen LogP contribution in [0.4, 0.5) is 4.39 Å². The van der Waals surface area contributed by atoms with Gasteiger partial charge in [-0.2, -0.15) is 4.98 Å². The Labute approximate surface area is 113 Å². The van der Waals surface area contributed by atoms with Gasteiger partial charge in [0.15, 0.2) is 0 Å². The summed E-state index contributed by atoms with van der Waals surface area (Å²) in [6.07, 6.45) is 1.73. The Morgan fingerprint density at radius 1 is 1.28 bits per heavy atom. The SMILES string of the molecule is CCCc1nc(Br)cc(Oc2cccc(F)c2)n1. The van der Waals surface area contributed by atoms with E-state index in [2.05, 4.69) is 32.8 Å². The highest BCUT2D eigenvalue weighted by atomic mass is 79.9. The smallest absolute Gasteiger partial charge is 0.223 e.